The zero-order valence-corrected chi connectivity index (χ0v) is 16.7. The summed E-state index contributed by atoms with van der Waals surface area (Å²) in [5, 5.41) is 4.11. The Morgan fingerprint density at radius 3 is 2.45 bits per heavy atom. The molecule has 3 aromatic rings. The van der Waals surface area contributed by atoms with Crippen molar-refractivity contribution in [2.75, 3.05) is 18.0 Å². The van der Waals surface area contributed by atoms with Gasteiger partial charge in [0.05, 0.1) is 6.04 Å². The number of hydrogen-bond acceptors (Lipinski definition) is 3. The van der Waals surface area contributed by atoms with Crippen LogP contribution in [0.4, 0.5) is 5.69 Å². The van der Waals surface area contributed by atoms with Gasteiger partial charge in [-0.1, -0.05) is 48.0 Å². The lowest BCUT2D eigenvalue weighted by molar-refractivity contribution is -0.121. The monoisotopic (exact) mass is 388 g/mol. The fourth-order valence-corrected chi connectivity index (χ4v) is 3.77. The number of anilines is 1. The highest BCUT2D eigenvalue weighted by Crippen LogP contribution is 2.24. The Morgan fingerprint density at radius 2 is 1.79 bits per heavy atom. The second-order valence-corrected chi connectivity index (χ2v) is 7.46. The van der Waals surface area contributed by atoms with Gasteiger partial charge in [-0.25, -0.2) is 0 Å². The minimum Gasteiger partial charge on any atom is -0.323 e. The van der Waals surface area contributed by atoms with E-state index >= 15 is 0 Å². The third-order valence-corrected chi connectivity index (χ3v) is 5.40. The highest BCUT2D eigenvalue weighted by molar-refractivity contribution is 6.01. The number of amides is 2. The van der Waals surface area contributed by atoms with Crippen LogP contribution in [0.1, 0.15) is 21.6 Å². The number of aryl methyl sites for hydroxylation is 2. The normalized spacial score (nSPS) is 16.9. The Morgan fingerprint density at radius 1 is 1.07 bits per heavy atom. The Labute approximate surface area is 170 Å². The summed E-state index contributed by atoms with van der Waals surface area (Å²) in [5.74, 6) is -0.239. The summed E-state index contributed by atoms with van der Waals surface area (Å²) in [4.78, 5) is 29.6. The third kappa shape index (κ3) is 3.92. The molecule has 1 aliphatic rings. The molecule has 0 aliphatic carbocycles. The van der Waals surface area contributed by atoms with Gasteiger partial charge in [0.1, 0.15) is 12.2 Å². The van der Waals surface area contributed by atoms with E-state index in [4.69, 9.17) is 0 Å². The van der Waals surface area contributed by atoms with Crippen LogP contribution in [0, 0.1) is 6.92 Å². The van der Waals surface area contributed by atoms with Crippen LogP contribution in [0.2, 0.25) is 0 Å². The maximum Gasteiger partial charge on any atom is 0.272 e. The number of aromatic nitrogens is 2. The zero-order chi connectivity index (χ0) is 20.4. The molecule has 1 atom stereocenters. The van der Waals surface area contributed by atoms with Crippen LogP contribution >= 0.6 is 0 Å². The van der Waals surface area contributed by atoms with Gasteiger partial charge in [-0.05, 0) is 37.1 Å². The first-order chi connectivity index (χ1) is 14.0. The molecule has 0 bridgehead atoms. The first kappa shape index (κ1) is 18.9. The molecule has 2 aromatic carbocycles. The minimum absolute atomic E-state index is 0.0510. The first-order valence-electron chi connectivity index (χ1n) is 9.73. The van der Waals surface area contributed by atoms with Crippen molar-refractivity contribution in [1.29, 1.82) is 0 Å². The van der Waals surface area contributed by atoms with Crippen molar-refractivity contribution in [2.45, 2.75) is 19.4 Å². The average molecular weight is 388 g/mol. The van der Waals surface area contributed by atoms with Crippen LogP contribution in [-0.4, -0.2) is 45.6 Å². The minimum atomic E-state index is -0.164. The molecule has 4 rings (SSSR count). The number of piperazine rings is 1. The standard InChI is InChI=1S/C23H24N4O2/c1-17-8-10-19(11-9-17)26-15-20(14-18-6-4-3-5-7-18)27(16-22(26)28)23(29)21-12-13-24-25(21)2/h3-13,20H,14-16H2,1-2H3/t20-/m1/s1. The van der Waals surface area contributed by atoms with Gasteiger partial charge in [-0.15, -0.1) is 0 Å². The molecule has 1 fully saturated rings. The summed E-state index contributed by atoms with van der Waals surface area (Å²) >= 11 is 0. The van der Waals surface area contributed by atoms with E-state index in [2.05, 4.69) is 17.2 Å². The predicted molar refractivity (Wildman–Crippen MR) is 112 cm³/mol. The van der Waals surface area contributed by atoms with Crippen molar-refractivity contribution in [3.05, 3.63) is 83.7 Å². The number of nitrogens with zero attached hydrogens (tertiary/aromatic N) is 4. The lowest BCUT2D eigenvalue weighted by Crippen LogP contribution is -2.59. The van der Waals surface area contributed by atoms with E-state index < -0.39 is 0 Å². The smallest absolute Gasteiger partial charge is 0.272 e. The number of benzene rings is 2. The summed E-state index contributed by atoms with van der Waals surface area (Å²) in [6.45, 7) is 2.53. The van der Waals surface area contributed by atoms with Gasteiger partial charge in [0.15, 0.2) is 0 Å². The van der Waals surface area contributed by atoms with E-state index in [1.807, 2.05) is 49.4 Å². The highest BCUT2D eigenvalue weighted by Gasteiger charge is 2.36. The number of hydrogen-bond donors (Lipinski definition) is 0. The largest absolute Gasteiger partial charge is 0.323 e. The van der Waals surface area contributed by atoms with Crippen molar-refractivity contribution in [2.24, 2.45) is 7.05 Å². The maximum atomic E-state index is 13.2. The van der Waals surface area contributed by atoms with Crippen LogP contribution in [0.15, 0.2) is 66.9 Å². The Balaban J connectivity index is 1.65. The summed E-state index contributed by atoms with van der Waals surface area (Å²) in [6, 6.07) is 19.6. The average Bonchev–Trinajstić information content (AvgIpc) is 3.16. The van der Waals surface area contributed by atoms with E-state index in [1.54, 1.807) is 33.8 Å². The molecule has 148 valence electrons. The Kier molecular flexibility index (Phi) is 5.16. The molecular weight excluding hydrogens is 364 g/mol. The summed E-state index contributed by atoms with van der Waals surface area (Å²) in [7, 11) is 1.74. The van der Waals surface area contributed by atoms with Crippen LogP contribution in [0.25, 0.3) is 0 Å². The number of rotatable bonds is 4. The molecule has 0 radical (unpaired) electrons. The second-order valence-electron chi connectivity index (χ2n) is 7.46. The quantitative estimate of drug-likeness (QED) is 0.691. The molecule has 1 aromatic heterocycles. The number of carbonyl (C=O) groups is 2. The SMILES string of the molecule is Cc1ccc(N2C[C@@H](Cc3ccccc3)N(C(=O)c3ccnn3C)CC2=O)cc1. The second kappa shape index (κ2) is 7.91. The molecule has 2 amide bonds. The van der Waals surface area contributed by atoms with E-state index in [9.17, 15) is 9.59 Å². The van der Waals surface area contributed by atoms with E-state index in [0.717, 1.165) is 16.8 Å². The van der Waals surface area contributed by atoms with Crippen molar-refractivity contribution in [3.63, 3.8) is 0 Å². The first-order valence-corrected chi connectivity index (χ1v) is 9.73. The van der Waals surface area contributed by atoms with Crippen LogP contribution < -0.4 is 4.90 Å². The molecule has 6 nitrogen and oxygen atoms in total. The van der Waals surface area contributed by atoms with Crippen molar-refractivity contribution in [3.8, 4) is 0 Å². The van der Waals surface area contributed by atoms with E-state index in [-0.39, 0.29) is 24.4 Å². The summed E-state index contributed by atoms with van der Waals surface area (Å²) < 4.78 is 1.55. The fourth-order valence-electron chi connectivity index (χ4n) is 3.77. The molecule has 1 aliphatic heterocycles. The third-order valence-electron chi connectivity index (χ3n) is 5.40. The van der Waals surface area contributed by atoms with E-state index in [0.29, 0.717) is 18.7 Å². The van der Waals surface area contributed by atoms with Gasteiger partial charge in [0.2, 0.25) is 5.91 Å². The van der Waals surface area contributed by atoms with Crippen LogP contribution in [-0.2, 0) is 18.3 Å². The van der Waals surface area contributed by atoms with Gasteiger partial charge < -0.3 is 9.80 Å². The van der Waals surface area contributed by atoms with Crippen molar-refractivity contribution >= 4 is 17.5 Å². The highest BCUT2D eigenvalue weighted by atomic mass is 16.2. The fraction of sp³-hybridized carbons (Fsp3) is 0.261. The summed E-state index contributed by atoms with van der Waals surface area (Å²) in [5.41, 5.74) is 3.64. The van der Waals surface area contributed by atoms with Crippen molar-refractivity contribution in [1.82, 2.24) is 14.7 Å². The van der Waals surface area contributed by atoms with Gasteiger partial charge in [0.25, 0.3) is 5.91 Å². The molecule has 0 unspecified atom stereocenters. The molecule has 0 saturated carbocycles. The lowest BCUT2D eigenvalue weighted by atomic mass is 10.0. The Bertz CT molecular complexity index is 1010. The molecular formula is C23H24N4O2. The molecule has 6 heteroatoms. The zero-order valence-electron chi connectivity index (χ0n) is 16.7. The van der Waals surface area contributed by atoms with Gasteiger partial charge in [-0.2, -0.15) is 5.10 Å². The van der Waals surface area contributed by atoms with Gasteiger partial charge in [0, 0.05) is 25.5 Å². The lowest BCUT2D eigenvalue weighted by Gasteiger charge is -2.41. The van der Waals surface area contributed by atoms with Crippen LogP contribution in [0.5, 0.6) is 0 Å². The molecule has 1 saturated heterocycles. The molecule has 0 N–H and O–H groups in total. The van der Waals surface area contributed by atoms with Gasteiger partial charge in [-0.3, -0.25) is 14.3 Å². The van der Waals surface area contributed by atoms with E-state index in [1.165, 1.54) is 0 Å². The molecule has 2 heterocycles. The summed E-state index contributed by atoms with van der Waals surface area (Å²) in [6.07, 6.45) is 2.28. The Hall–Kier alpha value is -3.41. The molecule has 29 heavy (non-hydrogen) atoms. The van der Waals surface area contributed by atoms with Crippen molar-refractivity contribution < 1.29 is 9.59 Å². The predicted octanol–water partition coefficient (Wildman–Crippen LogP) is 2.83. The van der Waals surface area contributed by atoms with Gasteiger partial charge >= 0.3 is 0 Å². The maximum absolute atomic E-state index is 13.2. The van der Waals surface area contributed by atoms with Crippen LogP contribution in [0.3, 0.4) is 0 Å². The number of carbonyl (C=O) groups excluding carboxylic acids is 2. The topological polar surface area (TPSA) is 58.4 Å². The molecule has 0 spiro atoms.